The minimum atomic E-state index is 0.156. The van der Waals surface area contributed by atoms with Crippen molar-refractivity contribution in [3.63, 3.8) is 0 Å². The van der Waals surface area contributed by atoms with Crippen molar-refractivity contribution in [3.8, 4) is 6.07 Å². The van der Waals surface area contributed by atoms with Gasteiger partial charge >= 0.3 is 0 Å². The Morgan fingerprint density at radius 1 is 1.55 bits per heavy atom. The second-order valence-electron chi connectivity index (χ2n) is 1.77. The molecule has 0 atom stereocenters. The number of rotatable bonds is 0. The van der Waals surface area contributed by atoms with Crippen LogP contribution in [-0.2, 0) is 0 Å². The van der Waals surface area contributed by atoms with Crippen molar-refractivity contribution in [2.75, 3.05) is 0 Å². The van der Waals surface area contributed by atoms with E-state index in [-0.39, 0.29) is 5.82 Å². The molecule has 2 aromatic heterocycles. The van der Waals surface area contributed by atoms with Gasteiger partial charge in [-0.3, -0.25) is 0 Å². The monoisotopic (exact) mass is 163 g/mol. The van der Waals surface area contributed by atoms with E-state index in [9.17, 15) is 0 Å². The third-order valence-corrected chi connectivity index (χ3v) is 1.75. The van der Waals surface area contributed by atoms with Gasteiger partial charge in [0, 0.05) is 11.5 Å². The second-order valence-corrected chi connectivity index (χ2v) is 2.50. The fraction of sp³-hybridized carbons (Fsp3) is 0. The van der Waals surface area contributed by atoms with Crippen molar-refractivity contribution < 1.29 is 0 Å². The van der Waals surface area contributed by atoms with Crippen molar-refractivity contribution in [1.82, 2.24) is 19.6 Å². The Balaban J connectivity index is 2.79. The molecule has 2 heterocycles. The van der Waals surface area contributed by atoms with Crippen LogP contribution in [0.25, 0.3) is 10.3 Å². The van der Waals surface area contributed by atoms with Gasteiger partial charge in [-0.2, -0.15) is 5.26 Å². The first-order valence-electron chi connectivity index (χ1n) is 2.75. The molecule has 0 saturated heterocycles. The molecule has 0 spiro atoms. The molecular formula is C5HN5S. The van der Waals surface area contributed by atoms with Gasteiger partial charge < -0.3 is 0 Å². The molecule has 11 heavy (non-hydrogen) atoms. The van der Waals surface area contributed by atoms with E-state index in [0.717, 1.165) is 11.5 Å². The maximum Gasteiger partial charge on any atom is 0.233 e. The van der Waals surface area contributed by atoms with E-state index in [1.54, 1.807) is 0 Å². The summed E-state index contributed by atoms with van der Waals surface area (Å²) in [6.45, 7) is 0. The maximum absolute atomic E-state index is 8.42. The van der Waals surface area contributed by atoms with Gasteiger partial charge in [-0.25, -0.2) is 9.97 Å². The zero-order chi connectivity index (χ0) is 7.68. The molecule has 0 amide bonds. The van der Waals surface area contributed by atoms with Crippen LogP contribution in [0.1, 0.15) is 5.82 Å². The summed E-state index contributed by atoms with van der Waals surface area (Å²) in [6, 6.07) is 1.84. The molecule has 0 fully saturated rings. The molecule has 0 bridgehead atoms. The van der Waals surface area contributed by atoms with Crippen molar-refractivity contribution in [3.05, 3.63) is 12.0 Å². The molecule has 6 heteroatoms. The van der Waals surface area contributed by atoms with Gasteiger partial charge in [0.15, 0.2) is 4.83 Å². The quantitative estimate of drug-likeness (QED) is 0.560. The normalized spacial score (nSPS) is 9.73. The minimum absolute atomic E-state index is 0.156. The molecule has 0 aliphatic heterocycles. The van der Waals surface area contributed by atoms with E-state index in [1.807, 2.05) is 6.07 Å². The number of aromatic nitrogens is 4. The van der Waals surface area contributed by atoms with Gasteiger partial charge in [0.25, 0.3) is 0 Å². The predicted octanol–water partition coefficient (Wildman–Crippen LogP) is 0.353. The fourth-order valence-corrected chi connectivity index (χ4v) is 1.17. The highest BCUT2D eigenvalue weighted by molar-refractivity contribution is 7.12. The summed E-state index contributed by atoms with van der Waals surface area (Å²) in [5.41, 5.74) is 0.633. The number of hydrogen-bond acceptors (Lipinski definition) is 6. The molecular weight excluding hydrogens is 162 g/mol. The van der Waals surface area contributed by atoms with Crippen molar-refractivity contribution in [2.45, 2.75) is 0 Å². The Morgan fingerprint density at radius 2 is 2.45 bits per heavy atom. The Bertz CT molecular complexity index is 428. The maximum atomic E-state index is 8.42. The number of nitrogens with zero attached hydrogens (tertiary/aromatic N) is 5. The average molecular weight is 163 g/mol. The van der Waals surface area contributed by atoms with Crippen LogP contribution in [-0.4, -0.2) is 19.6 Å². The second kappa shape index (κ2) is 2.21. The molecule has 0 radical (unpaired) electrons. The number of nitriles is 1. The molecule has 0 N–H and O–H groups in total. The SMILES string of the molecule is N#Cc1ncc2nnsc2n1. The Morgan fingerprint density at radius 3 is 3.27 bits per heavy atom. The molecule has 0 unspecified atom stereocenters. The van der Waals surface area contributed by atoms with E-state index in [2.05, 4.69) is 19.6 Å². The third-order valence-electron chi connectivity index (χ3n) is 1.11. The first kappa shape index (κ1) is 6.12. The highest BCUT2D eigenvalue weighted by Gasteiger charge is 2.00. The summed E-state index contributed by atoms with van der Waals surface area (Å²) in [6.07, 6.45) is 1.49. The third kappa shape index (κ3) is 0.911. The number of fused-ring (bicyclic) bond motifs is 1. The Hall–Kier alpha value is -1.61. The van der Waals surface area contributed by atoms with Gasteiger partial charge in [-0.1, -0.05) is 4.49 Å². The summed E-state index contributed by atoms with van der Waals surface area (Å²) in [5, 5.41) is 12.2. The Labute approximate surface area is 65.5 Å². The summed E-state index contributed by atoms with van der Waals surface area (Å²) < 4.78 is 3.66. The van der Waals surface area contributed by atoms with Crippen LogP contribution in [0.4, 0.5) is 0 Å². The lowest BCUT2D eigenvalue weighted by atomic mass is 10.5. The Kier molecular flexibility index (Phi) is 1.23. The highest BCUT2D eigenvalue weighted by Crippen LogP contribution is 2.09. The van der Waals surface area contributed by atoms with Gasteiger partial charge in [-0.05, 0) is 0 Å². The summed E-state index contributed by atoms with van der Waals surface area (Å²) >= 11 is 1.15. The predicted molar refractivity (Wildman–Crippen MR) is 37.7 cm³/mol. The average Bonchev–Trinajstić information content (AvgIpc) is 2.50. The largest absolute Gasteiger partial charge is 0.233 e. The smallest absolute Gasteiger partial charge is 0.225 e. The molecule has 0 aliphatic rings. The minimum Gasteiger partial charge on any atom is -0.225 e. The van der Waals surface area contributed by atoms with Crippen LogP contribution in [0, 0.1) is 11.3 Å². The van der Waals surface area contributed by atoms with E-state index in [1.165, 1.54) is 6.20 Å². The van der Waals surface area contributed by atoms with E-state index < -0.39 is 0 Å². The first-order chi connectivity index (χ1) is 5.40. The summed E-state index contributed by atoms with van der Waals surface area (Å²) in [5.74, 6) is 0.156. The first-order valence-corrected chi connectivity index (χ1v) is 3.53. The van der Waals surface area contributed by atoms with Gasteiger partial charge in [0.05, 0.1) is 6.20 Å². The topological polar surface area (TPSA) is 75.3 Å². The van der Waals surface area contributed by atoms with Crippen LogP contribution >= 0.6 is 11.5 Å². The van der Waals surface area contributed by atoms with Gasteiger partial charge in [-0.15, -0.1) is 5.10 Å². The molecule has 0 saturated carbocycles. The van der Waals surface area contributed by atoms with Crippen LogP contribution in [0.3, 0.4) is 0 Å². The van der Waals surface area contributed by atoms with E-state index in [4.69, 9.17) is 5.26 Å². The summed E-state index contributed by atoms with van der Waals surface area (Å²) in [7, 11) is 0. The van der Waals surface area contributed by atoms with Crippen molar-refractivity contribution >= 4 is 21.9 Å². The summed E-state index contributed by atoms with van der Waals surface area (Å²) in [4.78, 5) is 8.25. The van der Waals surface area contributed by atoms with Crippen molar-refractivity contribution in [2.24, 2.45) is 0 Å². The fourth-order valence-electron chi connectivity index (χ4n) is 0.653. The molecule has 0 aromatic carbocycles. The number of hydrogen-bond donors (Lipinski definition) is 0. The molecule has 52 valence electrons. The van der Waals surface area contributed by atoms with Crippen LogP contribution in [0.5, 0.6) is 0 Å². The van der Waals surface area contributed by atoms with Gasteiger partial charge in [0.1, 0.15) is 11.6 Å². The lowest BCUT2D eigenvalue weighted by Crippen LogP contribution is -1.85. The zero-order valence-corrected chi connectivity index (χ0v) is 6.04. The van der Waals surface area contributed by atoms with Crippen LogP contribution in [0.2, 0.25) is 0 Å². The highest BCUT2D eigenvalue weighted by atomic mass is 32.1. The molecule has 0 aliphatic carbocycles. The molecule has 5 nitrogen and oxygen atoms in total. The van der Waals surface area contributed by atoms with Crippen LogP contribution in [0.15, 0.2) is 6.20 Å². The molecule has 2 rings (SSSR count). The van der Waals surface area contributed by atoms with E-state index in [0.29, 0.717) is 10.3 Å². The lowest BCUT2D eigenvalue weighted by Gasteiger charge is -1.83. The van der Waals surface area contributed by atoms with Gasteiger partial charge in [0.2, 0.25) is 5.82 Å². The zero-order valence-electron chi connectivity index (χ0n) is 5.22. The molecule has 2 aromatic rings. The standard InChI is InChI=1S/C5HN5S/c6-1-4-7-2-3-5(8-4)11-10-9-3/h2H. The van der Waals surface area contributed by atoms with Crippen molar-refractivity contribution in [1.29, 1.82) is 5.26 Å². The lowest BCUT2D eigenvalue weighted by molar-refractivity contribution is 1.13. The van der Waals surface area contributed by atoms with Crippen LogP contribution < -0.4 is 0 Å². The van der Waals surface area contributed by atoms with E-state index >= 15 is 0 Å².